The van der Waals surface area contributed by atoms with Crippen molar-refractivity contribution in [3.63, 3.8) is 0 Å². The molecule has 1 atom stereocenters. The Morgan fingerprint density at radius 1 is 1.46 bits per heavy atom. The summed E-state index contributed by atoms with van der Waals surface area (Å²) in [5.41, 5.74) is 0.548. The van der Waals surface area contributed by atoms with Crippen LogP contribution in [0.4, 0.5) is 0 Å². The van der Waals surface area contributed by atoms with Gasteiger partial charge in [0.15, 0.2) is 0 Å². The van der Waals surface area contributed by atoms with Gasteiger partial charge in [0.25, 0.3) is 0 Å². The second-order valence-electron chi connectivity index (χ2n) is 5.04. The third-order valence-electron chi connectivity index (χ3n) is 3.14. The minimum Gasteiger partial charge on any atom is -0.316 e. The first kappa shape index (κ1) is 11.0. The highest BCUT2D eigenvalue weighted by molar-refractivity contribution is 4.84. The van der Waals surface area contributed by atoms with Crippen LogP contribution in [-0.4, -0.2) is 37.6 Å². The van der Waals surface area contributed by atoms with Crippen molar-refractivity contribution in [3.05, 3.63) is 0 Å². The third-order valence-corrected chi connectivity index (χ3v) is 3.14. The van der Waals surface area contributed by atoms with Crippen molar-refractivity contribution in [3.8, 4) is 0 Å². The molecule has 1 rings (SSSR count). The Morgan fingerprint density at radius 3 is 2.54 bits per heavy atom. The smallest absolute Gasteiger partial charge is 0.0189 e. The van der Waals surface area contributed by atoms with Gasteiger partial charge in [-0.05, 0) is 31.8 Å². The predicted molar refractivity (Wildman–Crippen MR) is 58.0 cm³/mol. The summed E-state index contributed by atoms with van der Waals surface area (Å²) in [5, 5.41) is 3.36. The van der Waals surface area contributed by atoms with Crippen LogP contribution >= 0.6 is 0 Å². The molecule has 1 fully saturated rings. The van der Waals surface area contributed by atoms with Crippen LogP contribution in [0.1, 0.15) is 33.6 Å². The molecule has 13 heavy (non-hydrogen) atoms. The van der Waals surface area contributed by atoms with Crippen LogP contribution in [0, 0.1) is 5.41 Å². The normalized spacial score (nSPS) is 24.9. The lowest BCUT2D eigenvalue weighted by Gasteiger charge is -2.24. The lowest BCUT2D eigenvalue weighted by Crippen LogP contribution is -2.38. The Bertz CT molecular complexity index is 150. The zero-order valence-corrected chi connectivity index (χ0v) is 9.56. The summed E-state index contributed by atoms with van der Waals surface area (Å²) in [5.74, 6) is 0. The summed E-state index contributed by atoms with van der Waals surface area (Å²) in [6, 6.07) is 0.675. The van der Waals surface area contributed by atoms with Gasteiger partial charge >= 0.3 is 0 Å². The fraction of sp³-hybridized carbons (Fsp3) is 1.00. The third kappa shape index (κ3) is 3.28. The molecule has 0 aromatic rings. The van der Waals surface area contributed by atoms with E-state index in [0.29, 0.717) is 11.5 Å². The quantitative estimate of drug-likeness (QED) is 0.715. The van der Waals surface area contributed by atoms with E-state index in [9.17, 15) is 0 Å². The molecule has 1 aliphatic heterocycles. The monoisotopic (exact) mass is 184 g/mol. The summed E-state index contributed by atoms with van der Waals surface area (Å²) < 4.78 is 0. The minimum atomic E-state index is 0.548. The second-order valence-corrected chi connectivity index (χ2v) is 5.04. The van der Waals surface area contributed by atoms with E-state index >= 15 is 0 Å². The predicted octanol–water partition coefficient (Wildman–Crippen LogP) is 1.72. The number of rotatable bonds is 4. The molecular formula is C11H24N2. The van der Waals surface area contributed by atoms with Crippen LogP contribution in [0.5, 0.6) is 0 Å². The van der Waals surface area contributed by atoms with E-state index < -0.39 is 0 Å². The largest absolute Gasteiger partial charge is 0.316 e. The van der Waals surface area contributed by atoms with Crippen molar-refractivity contribution in [2.45, 2.75) is 39.7 Å². The first-order chi connectivity index (χ1) is 6.07. The molecule has 1 unspecified atom stereocenters. The number of hydrogen-bond donors (Lipinski definition) is 1. The van der Waals surface area contributed by atoms with Gasteiger partial charge in [-0.15, -0.1) is 0 Å². The molecule has 78 valence electrons. The highest BCUT2D eigenvalue weighted by Gasteiger charge is 2.29. The van der Waals surface area contributed by atoms with Gasteiger partial charge < -0.3 is 10.2 Å². The SMILES string of the molecule is CCC(CN1CCC(C)(C)C1)NC. The average Bonchev–Trinajstić information content (AvgIpc) is 2.41. The second kappa shape index (κ2) is 4.43. The molecule has 0 saturated carbocycles. The zero-order valence-electron chi connectivity index (χ0n) is 9.56. The first-order valence-electron chi connectivity index (χ1n) is 5.47. The van der Waals surface area contributed by atoms with Crippen molar-refractivity contribution in [2.75, 3.05) is 26.7 Å². The van der Waals surface area contributed by atoms with E-state index in [1.807, 2.05) is 0 Å². The number of nitrogens with zero attached hydrogens (tertiary/aromatic N) is 1. The van der Waals surface area contributed by atoms with Crippen molar-refractivity contribution in [2.24, 2.45) is 5.41 Å². The van der Waals surface area contributed by atoms with E-state index in [-0.39, 0.29) is 0 Å². The van der Waals surface area contributed by atoms with E-state index in [1.165, 1.54) is 32.5 Å². The van der Waals surface area contributed by atoms with Gasteiger partial charge in [-0.1, -0.05) is 20.8 Å². The maximum absolute atomic E-state index is 3.36. The van der Waals surface area contributed by atoms with Crippen LogP contribution in [0.3, 0.4) is 0 Å². The number of likely N-dealkylation sites (tertiary alicyclic amines) is 1. The molecule has 2 heteroatoms. The highest BCUT2D eigenvalue weighted by Crippen LogP contribution is 2.28. The molecule has 0 radical (unpaired) electrons. The molecule has 0 aliphatic carbocycles. The van der Waals surface area contributed by atoms with Crippen molar-refractivity contribution >= 4 is 0 Å². The summed E-state index contributed by atoms with van der Waals surface area (Å²) >= 11 is 0. The maximum atomic E-state index is 3.36. The van der Waals surface area contributed by atoms with Crippen molar-refractivity contribution in [1.29, 1.82) is 0 Å². The van der Waals surface area contributed by atoms with Crippen LogP contribution < -0.4 is 5.32 Å². The Hall–Kier alpha value is -0.0800. The number of nitrogens with one attached hydrogen (secondary N) is 1. The van der Waals surface area contributed by atoms with E-state index in [2.05, 4.69) is 38.0 Å². The van der Waals surface area contributed by atoms with Crippen LogP contribution in [-0.2, 0) is 0 Å². The Morgan fingerprint density at radius 2 is 2.15 bits per heavy atom. The molecule has 0 aromatic heterocycles. The van der Waals surface area contributed by atoms with Gasteiger partial charge in [0.2, 0.25) is 0 Å². The standard InChI is InChI=1S/C11H24N2/c1-5-10(12-4)8-13-7-6-11(2,3)9-13/h10,12H,5-9H2,1-4H3. The first-order valence-corrected chi connectivity index (χ1v) is 5.47. The van der Waals surface area contributed by atoms with Gasteiger partial charge in [0.1, 0.15) is 0 Å². The molecule has 1 N–H and O–H groups in total. The molecule has 0 bridgehead atoms. The van der Waals surface area contributed by atoms with Gasteiger partial charge in [-0.25, -0.2) is 0 Å². The van der Waals surface area contributed by atoms with Crippen LogP contribution in [0.25, 0.3) is 0 Å². The number of hydrogen-bond acceptors (Lipinski definition) is 2. The Kier molecular flexibility index (Phi) is 3.74. The van der Waals surface area contributed by atoms with E-state index in [1.54, 1.807) is 0 Å². The molecule has 1 aliphatic rings. The topological polar surface area (TPSA) is 15.3 Å². The molecule has 1 saturated heterocycles. The van der Waals surface area contributed by atoms with E-state index in [4.69, 9.17) is 0 Å². The highest BCUT2D eigenvalue weighted by atomic mass is 15.2. The fourth-order valence-corrected chi connectivity index (χ4v) is 2.12. The average molecular weight is 184 g/mol. The molecular weight excluding hydrogens is 160 g/mol. The Labute approximate surface area is 82.7 Å². The molecule has 0 spiro atoms. The van der Waals surface area contributed by atoms with Crippen LogP contribution in [0.2, 0.25) is 0 Å². The van der Waals surface area contributed by atoms with Gasteiger partial charge in [0, 0.05) is 19.1 Å². The lowest BCUT2D eigenvalue weighted by atomic mass is 9.93. The van der Waals surface area contributed by atoms with Gasteiger partial charge in [-0.2, -0.15) is 0 Å². The van der Waals surface area contributed by atoms with Gasteiger partial charge in [-0.3, -0.25) is 0 Å². The van der Waals surface area contributed by atoms with Crippen LogP contribution in [0.15, 0.2) is 0 Å². The molecule has 0 aromatic carbocycles. The van der Waals surface area contributed by atoms with E-state index in [0.717, 1.165) is 0 Å². The number of likely N-dealkylation sites (N-methyl/N-ethyl adjacent to an activating group) is 1. The maximum Gasteiger partial charge on any atom is 0.0189 e. The molecule has 2 nitrogen and oxygen atoms in total. The summed E-state index contributed by atoms with van der Waals surface area (Å²) in [6.07, 6.45) is 2.58. The summed E-state index contributed by atoms with van der Waals surface area (Å²) in [7, 11) is 2.06. The lowest BCUT2D eigenvalue weighted by molar-refractivity contribution is 0.261. The van der Waals surface area contributed by atoms with Crippen molar-refractivity contribution in [1.82, 2.24) is 10.2 Å². The fourth-order valence-electron chi connectivity index (χ4n) is 2.12. The van der Waals surface area contributed by atoms with Gasteiger partial charge in [0.05, 0.1) is 0 Å². The van der Waals surface area contributed by atoms with Crippen molar-refractivity contribution < 1.29 is 0 Å². The summed E-state index contributed by atoms with van der Waals surface area (Å²) in [6.45, 7) is 10.8. The molecule has 1 heterocycles. The summed E-state index contributed by atoms with van der Waals surface area (Å²) in [4.78, 5) is 2.59. The minimum absolute atomic E-state index is 0.548. The zero-order chi connectivity index (χ0) is 9.90. The molecule has 0 amide bonds. The Balaban J connectivity index is 2.31.